The van der Waals surface area contributed by atoms with E-state index in [2.05, 4.69) is 10.0 Å². The average molecular weight is 431 g/mol. The van der Waals surface area contributed by atoms with Gasteiger partial charge in [-0.15, -0.1) is 0 Å². The fourth-order valence-electron chi connectivity index (χ4n) is 2.59. The molecule has 6 nitrogen and oxygen atoms in total. The first-order valence-electron chi connectivity index (χ1n) is 8.67. The van der Waals surface area contributed by atoms with Gasteiger partial charge in [-0.2, -0.15) is 0 Å². The smallest absolute Gasteiger partial charge is 0.261 e. The van der Waals surface area contributed by atoms with Crippen LogP contribution in [0, 0.1) is 0 Å². The molecule has 0 saturated carbocycles. The van der Waals surface area contributed by atoms with E-state index in [4.69, 9.17) is 16.3 Å². The number of benzene rings is 3. The fourth-order valence-corrected chi connectivity index (χ4v) is 3.86. The number of carbonyl (C=O) groups excluding carboxylic acids is 1. The molecule has 29 heavy (non-hydrogen) atoms. The van der Waals surface area contributed by atoms with Crippen LogP contribution in [-0.2, 0) is 16.6 Å². The average Bonchev–Trinajstić information content (AvgIpc) is 2.72. The second kappa shape index (κ2) is 8.98. The number of hydrogen-bond acceptors (Lipinski definition) is 4. The molecule has 0 saturated heterocycles. The molecule has 150 valence electrons. The van der Waals surface area contributed by atoms with Crippen LogP contribution in [0.25, 0.3) is 0 Å². The number of carbonyl (C=O) groups is 1. The van der Waals surface area contributed by atoms with Crippen LogP contribution in [0.3, 0.4) is 0 Å². The molecule has 0 atom stereocenters. The summed E-state index contributed by atoms with van der Waals surface area (Å²) in [5.74, 6) is 0.298. The van der Waals surface area contributed by atoms with Crippen molar-refractivity contribution in [1.29, 1.82) is 0 Å². The van der Waals surface area contributed by atoms with Crippen LogP contribution in [0.4, 0.5) is 5.69 Å². The molecule has 1 amide bonds. The van der Waals surface area contributed by atoms with Crippen molar-refractivity contribution in [1.82, 2.24) is 5.32 Å². The SMILES string of the molecule is COc1ccc(S(=O)(=O)Nc2ccc(C(=O)NCc3cccc(Cl)c3)cc2)cc1. The minimum absolute atomic E-state index is 0.113. The van der Waals surface area contributed by atoms with E-state index < -0.39 is 10.0 Å². The number of hydrogen-bond donors (Lipinski definition) is 2. The van der Waals surface area contributed by atoms with Gasteiger partial charge in [0.05, 0.1) is 12.0 Å². The Kier molecular flexibility index (Phi) is 6.41. The van der Waals surface area contributed by atoms with Crippen molar-refractivity contribution in [2.75, 3.05) is 11.8 Å². The molecule has 3 aromatic rings. The normalized spacial score (nSPS) is 11.0. The maximum absolute atomic E-state index is 12.5. The molecule has 0 radical (unpaired) electrons. The van der Waals surface area contributed by atoms with Crippen molar-refractivity contribution in [3.05, 3.63) is 88.9 Å². The quantitative estimate of drug-likeness (QED) is 0.591. The van der Waals surface area contributed by atoms with Crippen LogP contribution >= 0.6 is 11.6 Å². The van der Waals surface area contributed by atoms with Gasteiger partial charge in [-0.1, -0.05) is 23.7 Å². The summed E-state index contributed by atoms with van der Waals surface area (Å²) in [5, 5.41) is 3.40. The molecular formula is C21H19ClN2O4S. The molecule has 0 unspecified atom stereocenters. The van der Waals surface area contributed by atoms with Gasteiger partial charge in [-0.3, -0.25) is 9.52 Å². The molecule has 0 heterocycles. The first-order valence-corrected chi connectivity index (χ1v) is 10.5. The molecule has 8 heteroatoms. The lowest BCUT2D eigenvalue weighted by molar-refractivity contribution is 0.0951. The zero-order valence-corrected chi connectivity index (χ0v) is 17.1. The molecule has 0 aliphatic heterocycles. The summed E-state index contributed by atoms with van der Waals surface area (Å²) in [5.41, 5.74) is 1.65. The highest BCUT2D eigenvalue weighted by Crippen LogP contribution is 2.19. The number of ether oxygens (including phenoxy) is 1. The molecule has 0 aliphatic rings. The molecule has 0 bridgehead atoms. The molecule has 0 spiro atoms. The first kappa shape index (κ1) is 20.7. The zero-order valence-electron chi connectivity index (χ0n) is 15.6. The van der Waals surface area contributed by atoms with E-state index in [0.717, 1.165) is 5.56 Å². The number of anilines is 1. The van der Waals surface area contributed by atoms with Gasteiger partial charge in [-0.25, -0.2) is 8.42 Å². The summed E-state index contributed by atoms with van der Waals surface area (Å²) < 4.78 is 32.4. The number of amides is 1. The van der Waals surface area contributed by atoms with Crippen LogP contribution in [-0.4, -0.2) is 21.4 Å². The topological polar surface area (TPSA) is 84.5 Å². The van der Waals surface area contributed by atoms with Gasteiger partial charge in [0.1, 0.15) is 5.75 Å². The molecule has 0 fully saturated rings. The van der Waals surface area contributed by atoms with Crippen molar-refractivity contribution >= 4 is 33.2 Å². The highest BCUT2D eigenvalue weighted by atomic mass is 35.5. The Bertz CT molecular complexity index is 1100. The van der Waals surface area contributed by atoms with Crippen LogP contribution < -0.4 is 14.8 Å². The van der Waals surface area contributed by atoms with E-state index >= 15 is 0 Å². The van der Waals surface area contributed by atoms with Gasteiger partial charge >= 0.3 is 0 Å². The molecule has 3 rings (SSSR count). The van der Waals surface area contributed by atoms with Crippen LogP contribution in [0.15, 0.2) is 77.7 Å². The van der Waals surface area contributed by atoms with Gasteiger partial charge in [0, 0.05) is 22.8 Å². The van der Waals surface area contributed by atoms with E-state index in [1.165, 1.54) is 31.4 Å². The predicted octanol–water partition coefficient (Wildman–Crippen LogP) is 4.08. The Balaban J connectivity index is 1.63. The second-order valence-electron chi connectivity index (χ2n) is 6.17. The summed E-state index contributed by atoms with van der Waals surface area (Å²) in [4.78, 5) is 12.4. The number of halogens is 1. The summed E-state index contributed by atoms with van der Waals surface area (Å²) in [6, 6.07) is 19.5. The molecular weight excluding hydrogens is 412 g/mol. The zero-order chi connectivity index (χ0) is 20.9. The van der Waals surface area contributed by atoms with Gasteiger partial charge in [0.15, 0.2) is 0 Å². The molecule has 0 aromatic heterocycles. The third-order valence-corrected chi connectivity index (χ3v) is 5.74. The highest BCUT2D eigenvalue weighted by Gasteiger charge is 2.14. The maximum atomic E-state index is 12.5. The van der Waals surface area contributed by atoms with Gasteiger partial charge in [0.2, 0.25) is 0 Å². The van der Waals surface area contributed by atoms with E-state index in [1.807, 2.05) is 12.1 Å². The van der Waals surface area contributed by atoms with Gasteiger partial charge in [0.25, 0.3) is 15.9 Å². The number of rotatable bonds is 7. The van der Waals surface area contributed by atoms with E-state index in [9.17, 15) is 13.2 Å². The van der Waals surface area contributed by atoms with Crippen LogP contribution in [0.1, 0.15) is 15.9 Å². The number of methoxy groups -OCH3 is 1. The Morgan fingerprint density at radius 1 is 1.00 bits per heavy atom. The van der Waals surface area contributed by atoms with E-state index in [-0.39, 0.29) is 10.8 Å². The fraction of sp³-hybridized carbons (Fsp3) is 0.0952. The summed E-state index contributed by atoms with van der Waals surface area (Å²) >= 11 is 5.93. The largest absolute Gasteiger partial charge is 0.497 e. The molecule has 0 aliphatic carbocycles. The minimum atomic E-state index is -3.74. The Labute approximate surface area is 174 Å². The number of sulfonamides is 1. The Hall–Kier alpha value is -3.03. The Morgan fingerprint density at radius 3 is 2.31 bits per heavy atom. The lowest BCUT2D eigenvalue weighted by Crippen LogP contribution is -2.22. The first-order chi connectivity index (χ1) is 13.9. The molecule has 2 N–H and O–H groups in total. The van der Waals surface area contributed by atoms with Crippen molar-refractivity contribution < 1.29 is 17.9 Å². The third-order valence-electron chi connectivity index (χ3n) is 4.11. The maximum Gasteiger partial charge on any atom is 0.261 e. The van der Waals surface area contributed by atoms with E-state index in [0.29, 0.717) is 28.6 Å². The number of nitrogens with one attached hydrogen (secondary N) is 2. The van der Waals surface area contributed by atoms with Crippen molar-refractivity contribution in [2.45, 2.75) is 11.4 Å². The monoisotopic (exact) mass is 430 g/mol. The van der Waals surface area contributed by atoms with Gasteiger partial charge < -0.3 is 10.1 Å². The summed E-state index contributed by atoms with van der Waals surface area (Å²) in [6.07, 6.45) is 0. The highest BCUT2D eigenvalue weighted by molar-refractivity contribution is 7.92. The van der Waals surface area contributed by atoms with Crippen LogP contribution in [0.2, 0.25) is 5.02 Å². The third kappa shape index (κ3) is 5.49. The van der Waals surface area contributed by atoms with E-state index in [1.54, 1.807) is 36.4 Å². The standard InChI is InChI=1S/C21H19ClN2O4S/c1-28-19-9-11-20(12-10-19)29(26,27)24-18-7-5-16(6-8-18)21(25)23-14-15-3-2-4-17(22)13-15/h2-13,24H,14H2,1H3,(H,23,25). The lowest BCUT2D eigenvalue weighted by Gasteiger charge is -2.10. The lowest BCUT2D eigenvalue weighted by atomic mass is 10.2. The predicted molar refractivity (Wildman–Crippen MR) is 113 cm³/mol. The van der Waals surface area contributed by atoms with Gasteiger partial charge in [-0.05, 0) is 66.2 Å². The molecule has 3 aromatic carbocycles. The minimum Gasteiger partial charge on any atom is -0.497 e. The second-order valence-corrected chi connectivity index (χ2v) is 8.29. The van der Waals surface area contributed by atoms with Crippen molar-refractivity contribution in [2.24, 2.45) is 0 Å². The summed E-state index contributed by atoms with van der Waals surface area (Å²) in [7, 11) is -2.23. The Morgan fingerprint density at radius 2 is 1.69 bits per heavy atom. The van der Waals surface area contributed by atoms with Crippen LogP contribution in [0.5, 0.6) is 5.75 Å². The van der Waals surface area contributed by atoms with Crippen molar-refractivity contribution in [3.8, 4) is 5.75 Å². The summed E-state index contributed by atoms with van der Waals surface area (Å²) in [6.45, 7) is 0.339. The van der Waals surface area contributed by atoms with Crippen molar-refractivity contribution in [3.63, 3.8) is 0 Å².